The van der Waals surface area contributed by atoms with Crippen molar-refractivity contribution < 1.29 is 0 Å². The predicted octanol–water partition coefficient (Wildman–Crippen LogP) is 1.63. The molecule has 0 saturated carbocycles. The molecule has 0 fully saturated rings. The Bertz CT molecular complexity index is 607. The van der Waals surface area contributed by atoms with Gasteiger partial charge in [-0.05, 0) is 32.9 Å². The molecule has 2 aromatic rings. The average Bonchev–Trinajstić information content (AvgIpc) is 2.36. The number of aromatic amines is 1. The van der Waals surface area contributed by atoms with Crippen LogP contribution in [0.25, 0.3) is 0 Å². The number of H-pyrrole nitrogens is 1. The van der Waals surface area contributed by atoms with Gasteiger partial charge in [0.1, 0.15) is 5.82 Å². The predicted molar refractivity (Wildman–Crippen MR) is 73.8 cm³/mol. The Morgan fingerprint density at radius 1 is 1.37 bits per heavy atom. The molecule has 5 heteroatoms. The zero-order valence-electron chi connectivity index (χ0n) is 11.4. The number of aromatic nitrogens is 3. The molecule has 0 amide bonds. The molecule has 0 radical (unpaired) electrons. The summed E-state index contributed by atoms with van der Waals surface area (Å²) in [4.78, 5) is 23.2. The molecule has 19 heavy (non-hydrogen) atoms. The maximum atomic E-state index is 12.0. The topological polar surface area (TPSA) is 70.7 Å². The highest BCUT2D eigenvalue weighted by Gasteiger charge is 2.14. The summed E-state index contributed by atoms with van der Waals surface area (Å²) in [6, 6.07) is 5.70. The van der Waals surface area contributed by atoms with Crippen LogP contribution in [-0.2, 0) is 6.54 Å². The first kappa shape index (κ1) is 13.4. The van der Waals surface area contributed by atoms with Crippen molar-refractivity contribution in [2.75, 3.05) is 0 Å². The van der Waals surface area contributed by atoms with Gasteiger partial charge in [-0.1, -0.05) is 6.07 Å². The van der Waals surface area contributed by atoms with E-state index in [4.69, 9.17) is 0 Å². The molecule has 0 aliphatic carbocycles. The lowest BCUT2D eigenvalue weighted by atomic mass is 10.1. The molecular weight excluding hydrogens is 240 g/mol. The standard InChI is InChI=1S/C14H18N4O/c1-9(16-8-12-6-4-5-7-15-12)13-10(2)17-11(3)18-14(13)19/h4-7,9,16H,8H2,1-3H3,(H,17,18,19). The molecule has 2 N–H and O–H groups in total. The lowest BCUT2D eigenvalue weighted by Gasteiger charge is -2.15. The van der Waals surface area contributed by atoms with E-state index in [9.17, 15) is 4.79 Å². The smallest absolute Gasteiger partial charge is 0.255 e. The maximum absolute atomic E-state index is 12.0. The van der Waals surface area contributed by atoms with E-state index in [-0.39, 0.29) is 11.6 Å². The van der Waals surface area contributed by atoms with Crippen molar-refractivity contribution >= 4 is 0 Å². The van der Waals surface area contributed by atoms with Gasteiger partial charge in [0.25, 0.3) is 5.56 Å². The van der Waals surface area contributed by atoms with Gasteiger partial charge in [-0.3, -0.25) is 9.78 Å². The Balaban J connectivity index is 2.13. The molecule has 1 atom stereocenters. The third kappa shape index (κ3) is 3.26. The van der Waals surface area contributed by atoms with Crippen LogP contribution in [0.4, 0.5) is 0 Å². The summed E-state index contributed by atoms with van der Waals surface area (Å²) >= 11 is 0. The minimum absolute atomic E-state index is 0.0705. The van der Waals surface area contributed by atoms with E-state index in [1.807, 2.05) is 32.0 Å². The van der Waals surface area contributed by atoms with Crippen LogP contribution in [0.2, 0.25) is 0 Å². The maximum Gasteiger partial charge on any atom is 0.255 e. The minimum atomic E-state index is -0.0778. The molecule has 0 saturated heterocycles. The van der Waals surface area contributed by atoms with E-state index in [2.05, 4.69) is 20.3 Å². The van der Waals surface area contributed by atoms with Crippen molar-refractivity contribution in [1.29, 1.82) is 0 Å². The molecule has 0 bridgehead atoms. The summed E-state index contributed by atoms with van der Waals surface area (Å²) in [6.07, 6.45) is 1.76. The Labute approximate surface area is 112 Å². The highest BCUT2D eigenvalue weighted by Crippen LogP contribution is 2.11. The fourth-order valence-corrected chi connectivity index (χ4v) is 2.11. The van der Waals surface area contributed by atoms with Gasteiger partial charge in [-0.2, -0.15) is 0 Å². The zero-order valence-corrected chi connectivity index (χ0v) is 11.4. The summed E-state index contributed by atoms with van der Waals surface area (Å²) in [5.74, 6) is 0.642. The van der Waals surface area contributed by atoms with Crippen LogP contribution in [0.3, 0.4) is 0 Å². The van der Waals surface area contributed by atoms with Crippen molar-refractivity contribution in [2.45, 2.75) is 33.4 Å². The molecule has 0 spiro atoms. The molecular formula is C14H18N4O. The zero-order chi connectivity index (χ0) is 13.8. The highest BCUT2D eigenvalue weighted by molar-refractivity contribution is 5.20. The van der Waals surface area contributed by atoms with Crippen LogP contribution in [0.5, 0.6) is 0 Å². The largest absolute Gasteiger partial charge is 0.310 e. The van der Waals surface area contributed by atoms with E-state index in [1.165, 1.54) is 0 Å². The summed E-state index contributed by atoms with van der Waals surface area (Å²) in [7, 11) is 0. The molecule has 0 aromatic carbocycles. The first-order chi connectivity index (χ1) is 9.08. The Morgan fingerprint density at radius 2 is 2.16 bits per heavy atom. The lowest BCUT2D eigenvalue weighted by Crippen LogP contribution is -2.27. The Hall–Kier alpha value is -2.01. The van der Waals surface area contributed by atoms with Crippen molar-refractivity contribution in [1.82, 2.24) is 20.3 Å². The van der Waals surface area contributed by atoms with Crippen molar-refractivity contribution in [3.8, 4) is 0 Å². The van der Waals surface area contributed by atoms with Crippen LogP contribution >= 0.6 is 0 Å². The van der Waals surface area contributed by atoms with Gasteiger partial charge >= 0.3 is 0 Å². The molecule has 2 rings (SSSR count). The SMILES string of the molecule is Cc1nc(C)c(C(C)NCc2ccccn2)c(=O)[nH]1. The second kappa shape index (κ2) is 5.75. The summed E-state index contributed by atoms with van der Waals surface area (Å²) in [6.45, 7) is 6.22. The Kier molecular flexibility index (Phi) is 4.06. The summed E-state index contributed by atoms with van der Waals surface area (Å²) < 4.78 is 0. The summed E-state index contributed by atoms with van der Waals surface area (Å²) in [5.41, 5.74) is 2.32. The highest BCUT2D eigenvalue weighted by atomic mass is 16.1. The number of rotatable bonds is 4. The van der Waals surface area contributed by atoms with Gasteiger partial charge in [-0.25, -0.2) is 4.98 Å². The number of hydrogen-bond donors (Lipinski definition) is 2. The van der Waals surface area contributed by atoms with E-state index in [0.29, 0.717) is 17.9 Å². The van der Waals surface area contributed by atoms with Crippen molar-refractivity contribution in [3.05, 3.63) is 57.5 Å². The van der Waals surface area contributed by atoms with E-state index in [1.54, 1.807) is 13.1 Å². The minimum Gasteiger partial charge on any atom is -0.310 e. The van der Waals surface area contributed by atoms with Crippen molar-refractivity contribution in [2.24, 2.45) is 0 Å². The monoisotopic (exact) mass is 258 g/mol. The molecule has 100 valence electrons. The third-order valence-electron chi connectivity index (χ3n) is 3.01. The second-order valence-electron chi connectivity index (χ2n) is 4.57. The third-order valence-corrected chi connectivity index (χ3v) is 3.01. The second-order valence-corrected chi connectivity index (χ2v) is 4.57. The molecule has 0 aliphatic heterocycles. The van der Waals surface area contributed by atoms with E-state index in [0.717, 1.165) is 11.4 Å². The first-order valence-corrected chi connectivity index (χ1v) is 6.28. The molecule has 2 heterocycles. The van der Waals surface area contributed by atoms with Gasteiger partial charge < -0.3 is 10.3 Å². The quantitative estimate of drug-likeness (QED) is 0.874. The number of hydrogen-bond acceptors (Lipinski definition) is 4. The first-order valence-electron chi connectivity index (χ1n) is 6.28. The van der Waals surface area contributed by atoms with E-state index < -0.39 is 0 Å². The van der Waals surface area contributed by atoms with Gasteiger partial charge in [-0.15, -0.1) is 0 Å². The normalized spacial score (nSPS) is 12.4. The van der Waals surface area contributed by atoms with Gasteiger partial charge in [0, 0.05) is 24.5 Å². The van der Waals surface area contributed by atoms with Crippen LogP contribution < -0.4 is 10.9 Å². The summed E-state index contributed by atoms with van der Waals surface area (Å²) in [5, 5.41) is 3.29. The number of nitrogens with zero attached hydrogens (tertiary/aromatic N) is 2. The van der Waals surface area contributed by atoms with Crippen LogP contribution in [-0.4, -0.2) is 15.0 Å². The van der Waals surface area contributed by atoms with E-state index >= 15 is 0 Å². The lowest BCUT2D eigenvalue weighted by molar-refractivity contribution is 0.556. The molecule has 0 aliphatic rings. The van der Waals surface area contributed by atoms with Crippen LogP contribution in [0.15, 0.2) is 29.2 Å². The number of nitrogens with one attached hydrogen (secondary N) is 2. The van der Waals surface area contributed by atoms with Gasteiger partial charge in [0.15, 0.2) is 0 Å². The van der Waals surface area contributed by atoms with Gasteiger partial charge in [0.2, 0.25) is 0 Å². The molecule has 5 nitrogen and oxygen atoms in total. The van der Waals surface area contributed by atoms with Gasteiger partial charge in [0.05, 0.1) is 11.3 Å². The van der Waals surface area contributed by atoms with Crippen molar-refractivity contribution in [3.63, 3.8) is 0 Å². The fraction of sp³-hybridized carbons (Fsp3) is 0.357. The Morgan fingerprint density at radius 3 is 2.79 bits per heavy atom. The molecule has 2 aromatic heterocycles. The number of pyridine rings is 1. The number of aryl methyl sites for hydroxylation is 2. The average molecular weight is 258 g/mol. The van der Waals surface area contributed by atoms with Crippen LogP contribution in [0, 0.1) is 13.8 Å². The molecule has 1 unspecified atom stereocenters. The fourth-order valence-electron chi connectivity index (χ4n) is 2.11. The van der Waals surface area contributed by atoms with Crippen LogP contribution in [0.1, 0.15) is 35.7 Å².